The van der Waals surface area contributed by atoms with Gasteiger partial charge in [-0.15, -0.1) is 5.10 Å². The molecule has 12 heteroatoms. The monoisotopic (exact) mass is 516 g/mol. The Labute approximate surface area is 209 Å². The van der Waals surface area contributed by atoms with Gasteiger partial charge in [-0.05, 0) is 44.0 Å². The van der Waals surface area contributed by atoms with Crippen molar-refractivity contribution >= 4 is 21.9 Å². The molecule has 1 aliphatic rings. The molecule has 2 aromatic carbocycles. The number of hydrogen-bond donors (Lipinski definition) is 1. The Balaban J connectivity index is 1.40. The van der Waals surface area contributed by atoms with E-state index >= 15 is 0 Å². The van der Waals surface area contributed by atoms with Gasteiger partial charge in [0.1, 0.15) is 0 Å². The van der Waals surface area contributed by atoms with Gasteiger partial charge in [0, 0.05) is 24.6 Å². The molecule has 36 heavy (non-hydrogen) atoms. The first-order valence-corrected chi connectivity index (χ1v) is 12.7. The summed E-state index contributed by atoms with van der Waals surface area (Å²) in [4.78, 5) is 13.0. The fourth-order valence-corrected chi connectivity index (χ4v) is 5.49. The second kappa shape index (κ2) is 10.5. The van der Waals surface area contributed by atoms with Crippen molar-refractivity contribution in [2.24, 2.45) is 5.92 Å². The molecule has 1 saturated heterocycles. The fraction of sp³-hybridized carbons (Fsp3) is 0.375. The van der Waals surface area contributed by atoms with Crippen LogP contribution in [0, 0.1) is 12.8 Å². The van der Waals surface area contributed by atoms with Crippen molar-refractivity contribution < 1.29 is 31.8 Å². The average Bonchev–Trinajstić information content (AvgIpc) is 3.36. The van der Waals surface area contributed by atoms with Crippen LogP contribution in [-0.2, 0) is 14.8 Å². The first-order valence-electron chi connectivity index (χ1n) is 11.3. The van der Waals surface area contributed by atoms with Gasteiger partial charge in [-0.2, -0.15) is 4.31 Å². The number of piperidine rings is 1. The van der Waals surface area contributed by atoms with Crippen LogP contribution in [-0.4, -0.2) is 63.2 Å². The number of nitrogens with one attached hydrogen (secondary N) is 1. The molecule has 0 spiro atoms. The molecule has 0 radical (unpaired) electrons. The Morgan fingerprint density at radius 3 is 2.17 bits per heavy atom. The Kier molecular flexibility index (Phi) is 7.45. The third-order valence-electron chi connectivity index (χ3n) is 6.05. The molecule has 11 nitrogen and oxygen atoms in total. The van der Waals surface area contributed by atoms with Crippen molar-refractivity contribution in [3.63, 3.8) is 0 Å². The molecule has 0 atom stereocenters. The van der Waals surface area contributed by atoms with E-state index in [1.807, 2.05) is 6.92 Å². The average molecular weight is 517 g/mol. The molecule has 3 aromatic rings. The number of anilines is 1. The van der Waals surface area contributed by atoms with E-state index in [0.717, 1.165) is 5.56 Å². The van der Waals surface area contributed by atoms with Crippen molar-refractivity contribution in [3.8, 4) is 28.7 Å². The van der Waals surface area contributed by atoms with E-state index in [1.165, 1.54) is 25.6 Å². The van der Waals surface area contributed by atoms with Crippen molar-refractivity contribution in [1.82, 2.24) is 14.5 Å². The number of rotatable bonds is 8. The number of benzene rings is 2. The lowest BCUT2D eigenvalue weighted by molar-refractivity contribution is -0.121. The fourth-order valence-electron chi connectivity index (χ4n) is 4.02. The first-order chi connectivity index (χ1) is 17.3. The molecule has 1 N–H and O–H groups in total. The lowest BCUT2D eigenvalue weighted by atomic mass is 9.97. The summed E-state index contributed by atoms with van der Waals surface area (Å²) in [6.07, 6.45) is 0.760. The van der Waals surface area contributed by atoms with E-state index < -0.39 is 10.0 Å². The summed E-state index contributed by atoms with van der Waals surface area (Å²) in [5.41, 5.74) is 1.51. The molecule has 0 aliphatic carbocycles. The van der Waals surface area contributed by atoms with Crippen molar-refractivity contribution in [3.05, 3.63) is 42.0 Å². The van der Waals surface area contributed by atoms with E-state index in [4.69, 9.17) is 18.6 Å². The van der Waals surface area contributed by atoms with Crippen LogP contribution in [0.4, 0.5) is 6.01 Å². The summed E-state index contributed by atoms with van der Waals surface area (Å²) in [5.74, 6) is 0.732. The molecule has 0 unspecified atom stereocenters. The minimum absolute atomic E-state index is 0.0570. The van der Waals surface area contributed by atoms with Crippen LogP contribution >= 0.6 is 0 Å². The van der Waals surface area contributed by atoms with Crippen LogP contribution in [0.25, 0.3) is 11.5 Å². The number of methoxy groups -OCH3 is 3. The first kappa shape index (κ1) is 25.5. The molecule has 1 aromatic heterocycles. The molecular weight excluding hydrogens is 488 g/mol. The zero-order chi connectivity index (χ0) is 25.9. The largest absolute Gasteiger partial charge is 0.493 e. The number of nitrogens with zero attached hydrogens (tertiary/aromatic N) is 3. The van der Waals surface area contributed by atoms with Crippen LogP contribution in [0.1, 0.15) is 18.4 Å². The summed E-state index contributed by atoms with van der Waals surface area (Å²) in [6.45, 7) is 2.39. The molecular formula is C24H28N4O7S. The SMILES string of the molecule is COc1cc(-c2nnc(NC(=O)C3CCN(S(=O)(=O)c4ccc(C)cc4)CC3)o2)cc(OC)c1OC. The second-order valence-corrected chi connectivity index (χ2v) is 10.2. The summed E-state index contributed by atoms with van der Waals surface area (Å²) in [5, 5.41) is 10.6. The van der Waals surface area contributed by atoms with Gasteiger partial charge >= 0.3 is 6.01 Å². The maximum absolute atomic E-state index is 12.9. The van der Waals surface area contributed by atoms with Gasteiger partial charge < -0.3 is 18.6 Å². The summed E-state index contributed by atoms with van der Waals surface area (Å²) in [6, 6.07) is 10.00. The van der Waals surface area contributed by atoms with Crippen molar-refractivity contribution in [2.75, 3.05) is 39.7 Å². The highest BCUT2D eigenvalue weighted by atomic mass is 32.2. The van der Waals surface area contributed by atoms with Crippen molar-refractivity contribution in [2.45, 2.75) is 24.7 Å². The Morgan fingerprint density at radius 2 is 1.61 bits per heavy atom. The van der Waals surface area contributed by atoms with Gasteiger partial charge in [-0.1, -0.05) is 22.8 Å². The topological polar surface area (TPSA) is 133 Å². The number of carbonyl (C=O) groups is 1. The normalized spacial score (nSPS) is 14.9. The number of sulfonamides is 1. The van der Waals surface area contributed by atoms with Gasteiger partial charge in [-0.25, -0.2) is 8.42 Å². The summed E-state index contributed by atoms with van der Waals surface area (Å²) < 4.78 is 48.9. The zero-order valence-electron chi connectivity index (χ0n) is 20.5. The minimum Gasteiger partial charge on any atom is -0.493 e. The van der Waals surface area contributed by atoms with Crippen molar-refractivity contribution in [1.29, 1.82) is 0 Å². The molecule has 2 heterocycles. The van der Waals surface area contributed by atoms with E-state index in [9.17, 15) is 13.2 Å². The van der Waals surface area contributed by atoms with Gasteiger partial charge in [-0.3, -0.25) is 10.1 Å². The quantitative estimate of drug-likeness (QED) is 0.479. The van der Waals surface area contributed by atoms with Crippen LogP contribution in [0.2, 0.25) is 0 Å². The number of amides is 1. The smallest absolute Gasteiger partial charge is 0.322 e. The van der Waals surface area contributed by atoms with Gasteiger partial charge in [0.05, 0.1) is 26.2 Å². The highest BCUT2D eigenvalue weighted by Gasteiger charge is 2.32. The van der Waals surface area contributed by atoms with Crippen LogP contribution in [0.5, 0.6) is 17.2 Å². The summed E-state index contributed by atoms with van der Waals surface area (Å²) in [7, 11) is 0.899. The highest BCUT2D eigenvalue weighted by molar-refractivity contribution is 7.89. The van der Waals surface area contributed by atoms with E-state index in [2.05, 4.69) is 15.5 Å². The number of aryl methyl sites for hydroxylation is 1. The molecule has 1 aliphatic heterocycles. The Morgan fingerprint density at radius 1 is 1.00 bits per heavy atom. The maximum Gasteiger partial charge on any atom is 0.322 e. The molecule has 0 saturated carbocycles. The Bertz CT molecular complexity index is 1310. The molecule has 4 rings (SSSR count). The van der Waals surface area contributed by atoms with E-state index in [1.54, 1.807) is 36.4 Å². The van der Waals surface area contributed by atoms with E-state index in [0.29, 0.717) is 35.7 Å². The van der Waals surface area contributed by atoms with E-state index in [-0.39, 0.29) is 41.7 Å². The van der Waals surface area contributed by atoms with Gasteiger partial charge in [0.15, 0.2) is 11.5 Å². The number of ether oxygens (including phenoxy) is 3. The van der Waals surface area contributed by atoms with Gasteiger partial charge in [0.25, 0.3) is 0 Å². The summed E-state index contributed by atoms with van der Waals surface area (Å²) >= 11 is 0. The molecule has 1 amide bonds. The van der Waals surface area contributed by atoms with Crippen LogP contribution < -0.4 is 19.5 Å². The number of carbonyl (C=O) groups excluding carboxylic acids is 1. The predicted octanol–water partition coefficient (Wildman–Crippen LogP) is 3.11. The van der Waals surface area contributed by atoms with Crippen LogP contribution in [0.15, 0.2) is 45.7 Å². The third-order valence-corrected chi connectivity index (χ3v) is 7.96. The molecule has 0 bridgehead atoms. The second-order valence-electron chi connectivity index (χ2n) is 8.31. The van der Waals surface area contributed by atoms with Gasteiger partial charge in [0.2, 0.25) is 27.6 Å². The standard InChI is InChI=1S/C24H28N4O7S/c1-15-5-7-18(8-6-15)36(30,31)28-11-9-16(10-12-28)22(29)25-24-27-26-23(35-24)17-13-19(32-2)21(34-4)20(14-17)33-3/h5-8,13-14,16H,9-12H2,1-4H3,(H,25,27,29). The number of hydrogen-bond acceptors (Lipinski definition) is 9. The molecule has 192 valence electrons. The predicted molar refractivity (Wildman–Crippen MR) is 131 cm³/mol. The maximum atomic E-state index is 12.9. The Hall–Kier alpha value is -3.64. The minimum atomic E-state index is -3.60. The lowest BCUT2D eigenvalue weighted by Gasteiger charge is -2.30. The van der Waals surface area contributed by atoms with Crippen LogP contribution in [0.3, 0.4) is 0 Å². The zero-order valence-corrected chi connectivity index (χ0v) is 21.3. The molecule has 1 fully saturated rings. The number of aromatic nitrogens is 2. The highest BCUT2D eigenvalue weighted by Crippen LogP contribution is 2.41. The lowest BCUT2D eigenvalue weighted by Crippen LogP contribution is -2.41. The third kappa shape index (κ3) is 5.14.